The number of ether oxygens (including phenoxy) is 1. The highest BCUT2D eigenvalue weighted by Gasteiger charge is 2.16. The van der Waals surface area contributed by atoms with E-state index in [1.807, 2.05) is 20.8 Å². The number of rotatable bonds is 3. The van der Waals surface area contributed by atoms with E-state index < -0.39 is 4.92 Å². The summed E-state index contributed by atoms with van der Waals surface area (Å²) in [6, 6.07) is 4.44. The Bertz CT molecular complexity index is 399. The molecule has 0 aliphatic rings. The zero-order valence-electron chi connectivity index (χ0n) is 9.49. The third-order valence-corrected chi connectivity index (χ3v) is 2.10. The van der Waals surface area contributed by atoms with Crippen LogP contribution in [0, 0.1) is 10.1 Å². The van der Waals surface area contributed by atoms with Gasteiger partial charge in [0.2, 0.25) is 0 Å². The second kappa shape index (κ2) is 4.70. The summed E-state index contributed by atoms with van der Waals surface area (Å²) in [4.78, 5) is 10.1. The van der Waals surface area contributed by atoms with Crippen molar-refractivity contribution < 1.29 is 9.66 Å². The van der Waals surface area contributed by atoms with E-state index in [9.17, 15) is 10.1 Å². The van der Waals surface area contributed by atoms with E-state index >= 15 is 0 Å². The molecule has 0 unspecified atom stereocenters. The molecule has 0 fully saturated rings. The summed E-state index contributed by atoms with van der Waals surface area (Å²) in [5.74, 6) is 0.778. The lowest BCUT2D eigenvalue weighted by atomic mass is 10.1. The molecule has 0 bridgehead atoms. The summed E-state index contributed by atoms with van der Waals surface area (Å²) < 4.78 is 5.65. The molecule has 0 aliphatic carbocycles. The van der Waals surface area contributed by atoms with Crippen LogP contribution in [-0.4, -0.2) is 10.5 Å². The Morgan fingerprint density at radius 1 is 1.44 bits per heavy atom. The quantitative estimate of drug-likeness (QED) is 0.464. The number of hydrogen-bond acceptors (Lipinski definition) is 3. The first kappa shape index (κ1) is 12.8. The molecule has 0 aromatic heterocycles. The van der Waals surface area contributed by atoms with Crippen molar-refractivity contribution in [3.63, 3.8) is 0 Å². The normalized spacial score (nSPS) is 11.2. The molecular formula is C11H14ClNO3. The Labute approximate surface area is 99.3 Å². The Morgan fingerprint density at radius 2 is 2.06 bits per heavy atom. The van der Waals surface area contributed by atoms with Crippen molar-refractivity contribution >= 4 is 17.3 Å². The molecule has 0 saturated heterocycles. The van der Waals surface area contributed by atoms with Crippen molar-refractivity contribution in [3.8, 4) is 5.75 Å². The van der Waals surface area contributed by atoms with Gasteiger partial charge in [0, 0.05) is 17.7 Å². The molecular weight excluding hydrogens is 230 g/mol. The van der Waals surface area contributed by atoms with Crippen LogP contribution in [-0.2, 0) is 5.88 Å². The Hall–Kier alpha value is -1.29. The van der Waals surface area contributed by atoms with Crippen LogP contribution in [0.25, 0.3) is 0 Å². The summed E-state index contributed by atoms with van der Waals surface area (Å²) in [6.07, 6.45) is 0. The number of nitro benzene ring substituents is 1. The van der Waals surface area contributed by atoms with Crippen molar-refractivity contribution in [1.82, 2.24) is 0 Å². The average molecular weight is 244 g/mol. The van der Waals surface area contributed by atoms with Crippen LogP contribution in [0.15, 0.2) is 18.2 Å². The van der Waals surface area contributed by atoms with E-state index in [1.54, 1.807) is 6.07 Å². The van der Waals surface area contributed by atoms with Crippen LogP contribution in [0.5, 0.6) is 5.75 Å². The Balaban J connectivity index is 3.07. The molecule has 4 nitrogen and oxygen atoms in total. The fourth-order valence-corrected chi connectivity index (χ4v) is 1.42. The molecule has 5 heteroatoms. The van der Waals surface area contributed by atoms with Gasteiger partial charge in [0.1, 0.15) is 11.4 Å². The summed E-state index contributed by atoms with van der Waals surface area (Å²) in [5.41, 5.74) is 0.305. The van der Waals surface area contributed by atoms with Crippen LogP contribution < -0.4 is 4.74 Å². The number of hydrogen-bond donors (Lipinski definition) is 0. The van der Waals surface area contributed by atoms with Gasteiger partial charge in [-0.15, -0.1) is 11.6 Å². The van der Waals surface area contributed by atoms with Crippen molar-refractivity contribution in [2.75, 3.05) is 0 Å². The standard InChI is InChI=1S/C11H14ClNO3/c1-11(2,3)16-10-5-4-9(13(14)15)6-8(10)7-12/h4-6H,7H2,1-3H3. The fourth-order valence-electron chi connectivity index (χ4n) is 1.21. The molecule has 1 aromatic rings. The molecule has 88 valence electrons. The zero-order chi connectivity index (χ0) is 12.3. The molecule has 0 aliphatic heterocycles. The van der Waals surface area contributed by atoms with Gasteiger partial charge in [-0.2, -0.15) is 0 Å². The first-order valence-electron chi connectivity index (χ1n) is 4.86. The van der Waals surface area contributed by atoms with Gasteiger partial charge in [-0.3, -0.25) is 10.1 Å². The summed E-state index contributed by atoms with van der Waals surface area (Å²) in [7, 11) is 0. The van der Waals surface area contributed by atoms with Gasteiger partial charge in [-0.1, -0.05) is 0 Å². The highest BCUT2D eigenvalue weighted by Crippen LogP contribution is 2.28. The summed E-state index contributed by atoms with van der Waals surface area (Å²) in [6.45, 7) is 5.73. The topological polar surface area (TPSA) is 52.4 Å². The minimum atomic E-state index is -0.448. The third-order valence-electron chi connectivity index (χ3n) is 1.82. The van der Waals surface area contributed by atoms with Crippen LogP contribution in [0.1, 0.15) is 26.3 Å². The van der Waals surface area contributed by atoms with Crippen LogP contribution in [0.3, 0.4) is 0 Å². The molecule has 0 amide bonds. The van der Waals surface area contributed by atoms with Gasteiger partial charge in [-0.05, 0) is 26.8 Å². The smallest absolute Gasteiger partial charge is 0.270 e. The zero-order valence-corrected chi connectivity index (χ0v) is 10.2. The molecule has 0 saturated carbocycles. The van der Waals surface area contributed by atoms with Gasteiger partial charge in [0.05, 0.1) is 10.8 Å². The lowest BCUT2D eigenvalue weighted by molar-refractivity contribution is -0.384. The summed E-state index contributed by atoms with van der Waals surface area (Å²) >= 11 is 5.73. The average Bonchev–Trinajstić information content (AvgIpc) is 2.15. The molecule has 0 N–H and O–H groups in total. The molecule has 1 rings (SSSR count). The van der Waals surface area contributed by atoms with E-state index in [4.69, 9.17) is 16.3 Å². The lowest BCUT2D eigenvalue weighted by Crippen LogP contribution is -2.23. The van der Waals surface area contributed by atoms with Crippen molar-refractivity contribution in [3.05, 3.63) is 33.9 Å². The fraction of sp³-hybridized carbons (Fsp3) is 0.455. The minimum absolute atomic E-state index is 0.0249. The maximum atomic E-state index is 10.6. The van der Waals surface area contributed by atoms with E-state index in [0.29, 0.717) is 11.3 Å². The van der Waals surface area contributed by atoms with Gasteiger partial charge >= 0.3 is 0 Å². The second-order valence-electron chi connectivity index (χ2n) is 4.40. The number of nitrogens with zero attached hydrogens (tertiary/aromatic N) is 1. The maximum Gasteiger partial charge on any atom is 0.270 e. The Kier molecular flexibility index (Phi) is 3.75. The van der Waals surface area contributed by atoms with Crippen molar-refractivity contribution in [1.29, 1.82) is 0 Å². The lowest BCUT2D eigenvalue weighted by Gasteiger charge is -2.22. The molecule has 1 aromatic carbocycles. The minimum Gasteiger partial charge on any atom is -0.488 e. The SMILES string of the molecule is CC(C)(C)Oc1ccc([N+](=O)[O-])cc1CCl. The number of non-ortho nitro benzene ring substituents is 1. The number of nitro groups is 1. The highest BCUT2D eigenvalue weighted by atomic mass is 35.5. The molecule has 0 radical (unpaired) electrons. The van der Waals surface area contributed by atoms with Gasteiger partial charge < -0.3 is 4.74 Å². The largest absolute Gasteiger partial charge is 0.488 e. The van der Waals surface area contributed by atoms with Gasteiger partial charge in [0.25, 0.3) is 5.69 Å². The number of alkyl halides is 1. The monoisotopic (exact) mass is 243 g/mol. The highest BCUT2D eigenvalue weighted by molar-refractivity contribution is 6.17. The van der Waals surface area contributed by atoms with E-state index in [0.717, 1.165) is 0 Å². The molecule has 16 heavy (non-hydrogen) atoms. The predicted molar refractivity (Wildman–Crippen MR) is 63.0 cm³/mol. The van der Waals surface area contributed by atoms with Crippen molar-refractivity contribution in [2.45, 2.75) is 32.3 Å². The first-order valence-corrected chi connectivity index (χ1v) is 5.39. The van der Waals surface area contributed by atoms with Crippen molar-refractivity contribution in [2.24, 2.45) is 0 Å². The summed E-state index contributed by atoms with van der Waals surface area (Å²) in [5, 5.41) is 10.6. The maximum absolute atomic E-state index is 10.6. The molecule has 0 atom stereocenters. The van der Waals surface area contributed by atoms with Crippen LogP contribution >= 0.6 is 11.6 Å². The molecule has 0 spiro atoms. The first-order chi connectivity index (χ1) is 7.33. The number of halogens is 1. The third kappa shape index (κ3) is 3.38. The van der Waals surface area contributed by atoms with Gasteiger partial charge in [0.15, 0.2) is 0 Å². The second-order valence-corrected chi connectivity index (χ2v) is 4.66. The van der Waals surface area contributed by atoms with Crippen LogP contribution in [0.2, 0.25) is 0 Å². The van der Waals surface area contributed by atoms with E-state index in [1.165, 1.54) is 12.1 Å². The predicted octanol–water partition coefficient (Wildman–Crippen LogP) is 3.51. The van der Waals surface area contributed by atoms with Crippen LogP contribution in [0.4, 0.5) is 5.69 Å². The Morgan fingerprint density at radius 3 is 2.50 bits per heavy atom. The molecule has 0 heterocycles. The number of benzene rings is 1. The van der Waals surface area contributed by atoms with E-state index in [2.05, 4.69) is 0 Å². The van der Waals surface area contributed by atoms with E-state index in [-0.39, 0.29) is 17.2 Å². The van der Waals surface area contributed by atoms with Gasteiger partial charge in [-0.25, -0.2) is 0 Å².